The zero-order valence-electron chi connectivity index (χ0n) is 9.86. The van der Waals surface area contributed by atoms with Crippen LogP contribution in [0, 0.1) is 0 Å². The molecule has 2 nitrogen and oxygen atoms in total. The third-order valence-corrected chi connectivity index (χ3v) is 3.31. The Morgan fingerprint density at radius 1 is 1.12 bits per heavy atom. The van der Waals surface area contributed by atoms with E-state index in [9.17, 15) is 0 Å². The van der Waals surface area contributed by atoms with Gasteiger partial charge in [0.1, 0.15) is 0 Å². The number of nitrogens with one attached hydrogen (secondary N) is 1. The fourth-order valence-corrected chi connectivity index (χ4v) is 2.34. The molecule has 0 bridgehead atoms. The van der Waals surface area contributed by atoms with Crippen LogP contribution in [0.15, 0.2) is 42.5 Å². The smallest absolute Gasteiger partial charge is 0.0748 e. The molecule has 0 aliphatic carbocycles. The molecule has 1 unspecified atom stereocenters. The van der Waals surface area contributed by atoms with Crippen LogP contribution in [0.5, 0.6) is 0 Å². The van der Waals surface area contributed by atoms with Crippen molar-refractivity contribution in [2.75, 3.05) is 18.5 Å². The minimum absolute atomic E-state index is 0.390. The summed E-state index contributed by atoms with van der Waals surface area (Å²) in [5.74, 6) is 0. The lowest BCUT2D eigenvalue weighted by molar-refractivity contribution is 0.120. The molecular weight excluding hydrogens is 210 g/mol. The fraction of sp³-hybridized carbons (Fsp3) is 0.333. The molecule has 3 rings (SSSR count). The molecule has 1 aliphatic heterocycles. The van der Waals surface area contributed by atoms with Crippen LogP contribution in [0.25, 0.3) is 10.8 Å². The average molecular weight is 227 g/mol. The molecule has 2 heteroatoms. The topological polar surface area (TPSA) is 21.3 Å². The Balaban J connectivity index is 1.72. The van der Waals surface area contributed by atoms with Crippen molar-refractivity contribution in [2.45, 2.75) is 18.9 Å². The van der Waals surface area contributed by atoms with Crippen molar-refractivity contribution in [3.8, 4) is 0 Å². The molecule has 1 saturated heterocycles. The minimum Gasteiger partial charge on any atom is -0.382 e. The van der Waals surface area contributed by atoms with E-state index in [0.717, 1.165) is 13.2 Å². The van der Waals surface area contributed by atoms with Crippen LogP contribution in [-0.2, 0) is 4.74 Å². The quantitative estimate of drug-likeness (QED) is 0.867. The summed E-state index contributed by atoms with van der Waals surface area (Å²) in [7, 11) is 0. The number of fused-ring (bicyclic) bond motifs is 1. The highest BCUT2D eigenvalue weighted by Gasteiger charge is 2.14. The van der Waals surface area contributed by atoms with Gasteiger partial charge in [0.15, 0.2) is 0 Å². The van der Waals surface area contributed by atoms with Crippen LogP contribution in [-0.4, -0.2) is 19.3 Å². The Morgan fingerprint density at radius 2 is 2.00 bits per heavy atom. The molecule has 17 heavy (non-hydrogen) atoms. The van der Waals surface area contributed by atoms with E-state index < -0.39 is 0 Å². The second kappa shape index (κ2) is 4.76. The summed E-state index contributed by atoms with van der Waals surface area (Å²) in [6.45, 7) is 1.84. The Labute approximate surface area is 102 Å². The van der Waals surface area contributed by atoms with Gasteiger partial charge in [-0.1, -0.05) is 30.3 Å². The summed E-state index contributed by atoms with van der Waals surface area (Å²) in [4.78, 5) is 0. The molecule has 0 radical (unpaired) electrons. The Morgan fingerprint density at radius 3 is 2.82 bits per heavy atom. The van der Waals surface area contributed by atoms with Gasteiger partial charge in [0.25, 0.3) is 0 Å². The second-order valence-electron chi connectivity index (χ2n) is 4.58. The summed E-state index contributed by atoms with van der Waals surface area (Å²) in [5.41, 5.74) is 1.18. The number of benzene rings is 2. The van der Waals surface area contributed by atoms with Gasteiger partial charge in [-0.2, -0.15) is 0 Å². The van der Waals surface area contributed by atoms with Crippen LogP contribution < -0.4 is 5.32 Å². The molecule has 1 heterocycles. The van der Waals surface area contributed by atoms with Crippen LogP contribution >= 0.6 is 0 Å². The van der Waals surface area contributed by atoms with E-state index in [-0.39, 0.29) is 0 Å². The molecule has 2 aromatic carbocycles. The van der Waals surface area contributed by atoms with Crippen molar-refractivity contribution in [3.05, 3.63) is 42.5 Å². The first-order valence-corrected chi connectivity index (χ1v) is 6.26. The Hall–Kier alpha value is -1.54. The predicted molar refractivity (Wildman–Crippen MR) is 71.4 cm³/mol. The van der Waals surface area contributed by atoms with Gasteiger partial charge in [-0.05, 0) is 35.7 Å². The molecule has 1 N–H and O–H groups in total. The van der Waals surface area contributed by atoms with E-state index in [1.165, 1.54) is 29.3 Å². The van der Waals surface area contributed by atoms with Crippen molar-refractivity contribution in [3.63, 3.8) is 0 Å². The maximum Gasteiger partial charge on any atom is 0.0748 e. The van der Waals surface area contributed by atoms with E-state index >= 15 is 0 Å². The van der Waals surface area contributed by atoms with Crippen molar-refractivity contribution in [2.24, 2.45) is 0 Å². The second-order valence-corrected chi connectivity index (χ2v) is 4.58. The number of hydrogen-bond acceptors (Lipinski definition) is 2. The monoisotopic (exact) mass is 227 g/mol. The zero-order valence-corrected chi connectivity index (χ0v) is 9.86. The third kappa shape index (κ3) is 2.42. The van der Waals surface area contributed by atoms with Gasteiger partial charge >= 0.3 is 0 Å². The molecule has 88 valence electrons. The largest absolute Gasteiger partial charge is 0.382 e. The molecule has 0 spiro atoms. The van der Waals surface area contributed by atoms with Crippen molar-refractivity contribution in [1.29, 1.82) is 0 Å². The summed E-state index contributed by atoms with van der Waals surface area (Å²) in [5, 5.41) is 6.02. The van der Waals surface area contributed by atoms with Gasteiger partial charge in [0.2, 0.25) is 0 Å². The number of hydrogen-bond donors (Lipinski definition) is 1. The highest BCUT2D eigenvalue weighted by Crippen LogP contribution is 2.19. The van der Waals surface area contributed by atoms with Crippen LogP contribution in [0.1, 0.15) is 12.8 Å². The first kappa shape index (κ1) is 10.6. The van der Waals surface area contributed by atoms with Crippen molar-refractivity contribution < 1.29 is 4.74 Å². The van der Waals surface area contributed by atoms with Gasteiger partial charge in [-0.15, -0.1) is 0 Å². The maximum atomic E-state index is 5.60. The molecule has 1 aliphatic rings. The van der Waals surface area contributed by atoms with Gasteiger partial charge in [-0.3, -0.25) is 0 Å². The molecule has 1 fully saturated rings. The highest BCUT2D eigenvalue weighted by atomic mass is 16.5. The third-order valence-electron chi connectivity index (χ3n) is 3.31. The van der Waals surface area contributed by atoms with E-state index in [0.29, 0.717) is 6.10 Å². The lowest BCUT2D eigenvalue weighted by Gasteiger charge is -2.12. The Kier molecular flexibility index (Phi) is 2.97. The molecule has 0 saturated carbocycles. The molecule has 2 aromatic rings. The van der Waals surface area contributed by atoms with Gasteiger partial charge in [0.05, 0.1) is 6.10 Å². The summed E-state index contributed by atoms with van der Waals surface area (Å²) in [6.07, 6.45) is 2.77. The summed E-state index contributed by atoms with van der Waals surface area (Å²) < 4.78 is 5.60. The van der Waals surface area contributed by atoms with E-state index in [2.05, 4.69) is 47.8 Å². The molecule has 0 aromatic heterocycles. The lowest BCUT2D eigenvalue weighted by atomic mass is 10.1. The first-order valence-electron chi connectivity index (χ1n) is 6.26. The first-order chi connectivity index (χ1) is 8.42. The fourth-order valence-electron chi connectivity index (χ4n) is 2.34. The maximum absolute atomic E-state index is 5.60. The van der Waals surface area contributed by atoms with E-state index in [4.69, 9.17) is 4.74 Å². The summed E-state index contributed by atoms with van der Waals surface area (Å²) >= 11 is 0. The number of anilines is 1. The van der Waals surface area contributed by atoms with Crippen LogP contribution in [0.4, 0.5) is 5.69 Å². The Bertz CT molecular complexity index is 503. The van der Waals surface area contributed by atoms with Crippen LogP contribution in [0.3, 0.4) is 0 Å². The zero-order chi connectivity index (χ0) is 11.5. The highest BCUT2D eigenvalue weighted by molar-refractivity contribution is 5.85. The van der Waals surface area contributed by atoms with Crippen molar-refractivity contribution >= 4 is 16.5 Å². The minimum atomic E-state index is 0.390. The standard InChI is InChI=1S/C15H17NO/c1-2-5-13-10-14(8-7-12(13)4-1)16-11-15-6-3-9-17-15/h1-2,4-5,7-8,10,15-16H,3,6,9,11H2. The van der Waals surface area contributed by atoms with E-state index in [1.54, 1.807) is 0 Å². The number of ether oxygens (including phenoxy) is 1. The van der Waals surface area contributed by atoms with Gasteiger partial charge in [-0.25, -0.2) is 0 Å². The van der Waals surface area contributed by atoms with Crippen molar-refractivity contribution in [1.82, 2.24) is 0 Å². The van der Waals surface area contributed by atoms with Crippen LogP contribution in [0.2, 0.25) is 0 Å². The van der Waals surface area contributed by atoms with E-state index in [1.807, 2.05) is 0 Å². The molecule has 1 atom stereocenters. The predicted octanol–water partition coefficient (Wildman–Crippen LogP) is 3.43. The molecular formula is C15H17NO. The molecule has 0 amide bonds. The summed E-state index contributed by atoms with van der Waals surface area (Å²) in [6, 6.07) is 14.9. The van der Waals surface area contributed by atoms with Gasteiger partial charge < -0.3 is 10.1 Å². The SMILES string of the molecule is c1ccc2cc(NCC3CCCO3)ccc2c1. The lowest BCUT2D eigenvalue weighted by Crippen LogP contribution is -2.18. The average Bonchev–Trinajstić information content (AvgIpc) is 2.89. The number of rotatable bonds is 3. The van der Waals surface area contributed by atoms with Gasteiger partial charge in [0, 0.05) is 18.8 Å². The normalized spacial score (nSPS) is 19.6.